The Kier molecular flexibility index (Phi) is 25.8. The van der Waals surface area contributed by atoms with E-state index in [1.165, 1.54) is 43.4 Å². The number of esters is 1. The van der Waals surface area contributed by atoms with Crippen LogP contribution in [0.5, 0.6) is 5.75 Å². The van der Waals surface area contributed by atoms with Crippen molar-refractivity contribution >= 4 is 63.1 Å². The van der Waals surface area contributed by atoms with Crippen molar-refractivity contribution < 1.29 is 85.8 Å². The maximum Gasteiger partial charge on any atom is 0.407 e. The lowest BCUT2D eigenvalue weighted by molar-refractivity contribution is -0.302. The summed E-state index contributed by atoms with van der Waals surface area (Å²) in [5.74, 6) is -9.86. The van der Waals surface area contributed by atoms with Gasteiger partial charge in [0.2, 0.25) is 5.79 Å². The number of carbonyl (C=O) groups excluding carboxylic acids is 5. The molecule has 0 aromatic heterocycles. The molecule has 550 valence electrons. The van der Waals surface area contributed by atoms with Gasteiger partial charge in [-0.3, -0.25) is 19.2 Å². The number of hydrogen-bond acceptors (Lipinski definition) is 18. The van der Waals surface area contributed by atoms with Crippen molar-refractivity contribution in [2.24, 2.45) is 29.6 Å². The van der Waals surface area contributed by atoms with Gasteiger partial charge in [-0.25, -0.2) is 14.4 Å². The Bertz CT molecular complexity index is 3700. The Hall–Kier alpha value is -6.42. The smallest absolute Gasteiger partial charge is 0.407 e. The lowest BCUT2D eigenvalue weighted by atomic mass is 9.81. The molecule has 1 saturated carbocycles. The zero-order chi connectivity index (χ0) is 73.7. The fraction of sp³-hybridized carbons (Fsp3) is 0.623. The summed E-state index contributed by atoms with van der Waals surface area (Å²) in [5, 5.41) is 37.0. The zero-order valence-electron chi connectivity index (χ0n) is 62.1. The number of cyclic esters (lactones) is 1. The molecule has 2 bridgehead atoms. The van der Waals surface area contributed by atoms with Crippen molar-refractivity contribution in [2.75, 3.05) is 34.5 Å². The van der Waals surface area contributed by atoms with Crippen LogP contribution in [0.4, 0.5) is 4.79 Å². The van der Waals surface area contributed by atoms with Gasteiger partial charge in [-0.15, -0.1) is 0 Å². The number of carbonyl (C=O) groups is 6. The van der Waals surface area contributed by atoms with Crippen LogP contribution in [0, 0.1) is 29.6 Å². The minimum absolute atomic E-state index is 0.00582. The van der Waals surface area contributed by atoms with Gasteiger partial charge >= 0.3 is 18.0 Å². The summed E-state index contributed by atoms with van der Waals surface area (Å²) in [6, 6.07) is 12.4. The van der Waals surface area contributed by atoms with E-state index in [1.807, 2.05) is 33.8 Å². The number of phenolic OH excluding ortho intramolecular Hbond substituents is 1. The molecule has 21 nitrogen and oxygen atoms in total. The molecule has 8 rings (SSSR count). The molecule has 0 radical (unpaired) electrons. The number of rotatable bonds is 16. The summed E-state index contributed by atoms with van der Waals surface area (Å²) in [6.45, 7) is 30.5. The third kappa shape index (κ3) is 18.0. The van der Waals surface area contributed by atoms with E-state index < -0.39 is 106 Å². The summed E-state index contributed by atoms with van der Waals surface area (Å²) in [5.41, 5.74) is 2.59. The summed E-state index contributed by atoms with van der Waals surface area (Å²) in [6.07, 6.45) is 2.53. The quantitative estimate of drug-likeness (QED) is 0.0267. The van der Waals surface area contributed by atoms with Crippen molar-refractivity contribution in [1.29, 1.82) is 0 Å². The average molecular weight is 1420 g/mol. The number of piperidine rings is 1. The van der Waals surface area contributed by atoms with Crippen LogP contribution in [0.25, 0.3) is 33.4 Å². The van der Waals surface area contributed by atoms with Gasteiger partial charge in [-0.2, -0.15) is 0 Å². The van der Waals surface area contributed by atoms with Gasteiger partial charge in [0.25, 0.3) is 11.7 Å². The number of Topliss-reactive ketones (excluding diaryl/α,β-unsaturated/α-hetero) is 2. The van der Waals surface area contributed by atoms with E-state index in [-0.39, 0.29) is 119 Å². The van der Waals surface area contributed by atoms with Crippen molar-refractivity contribution in [3.63, 3.8) is 0 Å². The second-order valence-electron chi connectivity index (χ2n) is 31.6. The van der Waals surface area contributed by atoms with Crippen LogP contribution in [0.1, 0.15) is 163 Å². The highest BCUT2D eigenvalue weighted by Gasteiger charge is 2.57. The van der Waals surface area contributed by atoms with Gasteiger partial charge < -0.3 is 67.2 Å². The van der Waals surface area contributed by atoms with Crippen LogP contribution in [0.2, 0.25) is 36.3 Å². The number of alkyl carbamates (subject to hydrolysis) is 1. The van der Waals surface area contributed by atoms with E-state index in [1.54, 1.807) is 44.4 Å². The standard InChI is InChI=1S/C77H110N2O19Si2/c1-44-35-45(2)37-64(91-13)69-65(92-14)39-47(4)77(89,96-69)70(83)71(84)79-33-22-21-25-57(79)73(87)95-67(46(3)38-49-26-31-60(63(40-49)90-12)97-99(15,16)75(6,7)8)48(5)61(98-100(17,18)76(9,10)11)42-59(82)50(36-44)32-34-93-74(88)78-43-56-58(81)30-29-55-66(52-23-19-20-24-53(52)72(85)86)54-28-27-51(80)41-62(54)94-68(55)56/h19-20,23-24,27-30,36,38,41,45,47-50,57,60-61,63-65,67,69,81,89H,21-22,25-26,31-35,37,39-40,42-43H2,1-18H3,(H,78,88)(H,85,86)/b44-36+,46-38+/t45-,47?,48+,49?,50+,57?,60?,61-,63?,64-,65-,67?,69+,77?/m0/s1. The van der Waals surface area contributed by atoms with Crippen LogP contribution in [0.15, 0.2) is 87.1 Å². The number of ether oxygens (including phenoxy) is 6. The first kappa shape index (κ1) is 79.3. The number of aromatic carboxylic acids is 1. The van der Waals surface area contributed by atoms with E-state index in [0.29, 0.717) is 59.8 Å². The molecule has 2 saturated heterocycles. The van der Waals surface area contributed by atoms with Crippen LogP contribution in [-0.4, -0.2) is 161 Å². The number of aromatic hydroxyl groups is 1. The van der Waals surface area contributed by atoms with E-state index >= 15 is 9.59 Å². The van der Waals surface area contributed by atoms with Gasteiger partial charge in [0.15, 0.2) is 22.1 Å². The normalized spacial score (nSPS) is 29.1. The van der Waals surface area contributed by atoms with Crippen LogP contribution in [0.3, 0.4) is 0 Å². The second-order valence-corrected chi connectivity index (χ2v) is 41.2. The van der Waals surface area contributed by atoms with Crippen LogP contribution >= 0.6 is 0 Å². The van der Waals surface area contributed by atoms with Gasteiger partial charge in [0, 0.05) is 74.6 Å². The number of hydrogen-bond donors (Lipinski definition) is 4. The fourth-order valence-corrected chi connectivity index (χ4v) is 17.3. The highest BCUT2D eigenvalue weighted by molar-refractivity contribution is 6.74. The molecular formula is C77H110N2O19Si2. The van der Waals surface area contributed by atoms with Gasteiger partial charge in [0.1, 0.15) is 41.1 Å². The molecule has 100 heavy (non-hydrogen) atoms. The second kappa shape index (κ2) is 32.5. The van der Waals surface area contributed by atoms with E-state index in [0.717, 1.165) is 18.4 Å². The number of allylic oxidation sites excluding steroid dienone is 3. The number of amides is 2. The maximum atomic E-state index is 15.8. The van der Waals surface area contributed by atoms with E-state index in [4.69, 9.17) is 41.7 Å². The number of carboxylic acids is 1. The summed E-state index contributed by atoms with van der Waals surface area (Å²) in [4.78, 5) is 102. The lowest BCUT2D eigenvalue weighted by Crippen LogP contribution is -2.64. The van der Waals surface area contributed by atoms with Gasteiger partial charge in [0.05, 0.1) is 54.8 Å². The first-order valence-corrected chi connectivity index (χ1v) is 41.4. The molecule has 14 atom stereocenters. The Morgan fingerprint density at radius 2 is 1.43 bits per heavy atom. The molecule has 7 unspecified atom stereocenters. The first-order valence-electron chi connectivity index (χ1n) is 35.6. The highest BCUT2D eigenvalue weighted by Crippen LogP contribution is 2.47. The SMILES string of the molecule is COC1CC(/C=C(\C)C2OC(=O)C3CCCCN3C(=O)C(=O)C3(O)O[C@@H]([C@@H](OC)CC3C)[C@@H](OC)C[C@@H](C)C/C(C)=C/[C@@H](CCOC(=O)NCc3c(O)ccc4c(-c5ccccc5C(=O)O)c5ccc(=O)cc-5oc34)C(=O)C[C@H](O[Si](C)(C)C(C)(C)C)[C@H]2C)CCC1O[Si](C)(C)C(C)(C)C. The molecule has 3 fully saturated rings. The van der Waals surface area contributed by atoms with Crippen molar-refractivity contribution in [2.45, 2.75) is 244 Å². The molecular weight excluding hydrogens is 1310 g/mol. The largest absolute Gasteiger partial charge is 0.507 e. The highest BCUT2D eigenvalue weighted by atomic mass is 28.4. The molecule has 2 aliphatic carbocycles. The number of phenols is 1. The molecule has 23 heteroatoms. The maximum absolute atomic E-state index is 15.8. The van der Waals surface area contributed by atoms with Gasteiger partial charge in [-0.1, -0.05) is 98.2 Å². The molecule has 4 heterocycles. The minimum atomic E-state index is -2.81. The van der Waals surface area contributed by atoms with Crippen molar-refractivity contribution in [1.82, 2.24) is 10.2 Å². The predicted molar refractivity (Wildman–Crippen MR) is 386 cm³/mol. The topological polar surface area (TPSA) is 282 Å². The Morgan fingerprint density at radius 1 is 0.780 bits per heavy atom. The molecule has 2 amide bonds. The predicted octanol–water partition coefficient (Wildman–Crippen LogP) is 13.7. The third-order valence-electron chi connectivity index (χ3n) is 22.3. The van der Waals surface area contributed by atoms with Crippen LogP contribution in [-0.2, 0) is 63.0 Å². The van der Waals surface area contributed by atoms with E-state index in [9.17, 15) is 39.3 Å². The molecule has 4 N–H and O–H groups in total. The van der Waals surface area contributed by atoms with Crippen LogP contribution < -0.4 is 10.7 Å². The van der Waals surface area contributed by atoms with Crippen molar-refractivity contribution in [3.05, 3.63) is 99.2 Å². The number of ketones is 2. The molecule has 4 aliphatic heterocycles. The number of benzene rings is 3. The van der Waals surface area contributed by atoms with Crippen molar-refractivity contribution in [3.8, 4) is 28.2 Å². The molecule has 6 aliphatic rings. The summed E-state index contributed by atoms with van der Waals surface area (Å²) in [7, 11) is -0.281. The third-order valence-corrected chi connectivity index (χ3v) is 31.3. The fourth-order valence-electron chi connectivity index (χ4n) is 14.5. The molecule has 2 aromatic rings. The number of aliphatic hydroxyl groups is 1. The number of methoxy groups -OCH3 is 3. The minimum Gasteiger partial charge on any atom is -0.507 e. The number of carboxylic acid groups (broad SMARTS) is 1. The Labute approximate surface area is 592 Å². The monoisotopic (exact) mass is 1420 g/mol. The summed E-state index contributed by atoms with van der Waals surface area (Å²) >= 11 is 0. The Balaban J connectivity index is 1.17. The average Bonchev–Trinajstić information content (AvgIpc) is 0.755. The lowest BCUT2D eigenvalue weighted by Gasteiger charge is -2.47. The molecule has 0 spiro atoms. The number of fused-ring (bicyclic) bond motifs is 5. The number of nitrogens with one attached hydrogen (secondary N) is 1. The summed E-state index contributed by atoms with van der Waals surface area (Å²) < 4.78 is 58.2. The first-order chi connectivity index (χ1) is 46.8. The molecule has 2 aromatic carbocycles. The zero-order valence-corrected chi connectivity index (χ0v) is 64.1. The van der Waals surface area contributed by atoms with E-state index in [2.05, 4.69) is 79.1 Å². The Morgan fingerprint density at radius 3 is 2.08 bits per heavy atom. The number of nitrogens with zero attached hydrogens (tertiary/aromatic N) is 1. The van der Waals surface area contributed by atoms with Gasteiger partial charge in [-0.05, 0) is 168 Å².